The Labute approximate surface area is 111 Å². The Bertz CT molecular complexity index is 437. The summed E-state index contributed by atoms with van der Waals surface area (Å²) in [6.07, 6.45) is 2.02. The summed E-state index contributed by atoms with van der Waals surface area (Å²) in [7, 11) is 0. The molecule has 19 heavy (non-hydrogen) atoms. The van der Waals surface area contributed by atoms with E-state index in [4.69, 9.17) is 0 Å². The lowest BCUT2D eigenvalue weighted by Crippen LogP contribution is -2.27. The van der Waals surface area contributed by atoms with Crippen LogP contribution in [0.2, 0.25) is 0 Å². The highest BCUT2D eigenvalue weighted by atomic mass is 19.2. The van der Waals surface area contributed by atoms with E-state index in [1.165, 1.54) is 6.07 Å². The van der Waals surface area contributed by atoms with Crippen molar-refractivity contribution in [2.24, 2.45) is 5.92 Å². The van der Waals surface area contributed by atoms with Gasteiger partial charge in [-0.1, -0.05) is 6.92 Å². The number of hydrogen-bond acceptors (Lipinski definition) is 2. The lowest BCUT2D eigenvalue weighted by Gasteiger charge is -2.19. The number of halogens is 3. The molecule has 0 saturated carbocycles. The van der Waals surface area contributed by atoms with Crippen molar-refractivity contribution in [2.45, 2.75) is 19.8 Å². The fourth-order valence-electron chi connectivity index (χ4n) is 2.46. The van der Waals surface area contributed by atoms with Crippen molar-refractivity contribution >= 4 is 5.69 Å². The molecule has 1 aliphatic rings. The number of rotatable bonds is 5. The standard InChI is InChI=1S/C14H19F3N2/c1-2-6-18-8-10-5-7-19(9-10)12-4-3-11(15)13(16)14(12)17/h3-4,10,18H,2,5-9H2,1H3. The summed E-state index contributed by atoms with van der Waals surface area (Å²) in [6.45, 7) is 5.31. The van der Waals surface area contributed by atoms with E-state index in [9.17, 15) is 13.2 Å². The number of anilines is 1. The van der Waals surface area contributed by atoms with Gasteiger partial charge in [0.25, 0.3) is 0 Å². The summed E-state index contributed by atoms with van der Waals surface area (Å²) >= 11 is 0. The van der Waals surface area contributed by atoms with Crippen molar-refractivity contribution in [3.05, 3.63) is 29.6 Å². The van der Waals surface area contributed by atoms with Gasteiger partial charge in [0.05, 0.1) is 5.69 Å². The summed E-state index contributed by atoms with van der Waals surface area (Å²) in [5, 5.41) is 3.33. The van der Waals surface area contributed by atoms with Crippen molar-refractivity contribution in [3.63, 3.8) is 0 Å². The topological polar surface area (TPSA) is 15.3 Å². The molecule has 5 heteroatoms. The fraction of sp³-hybridized carbons (Fsp3) is 0.571. The highest BCUT2D eigenvalue weighted by molar-refractivity contribution is 5.49. The molecule has 0 bridgehead atoms. The molecular weight excluding hydrogens is 253 g/mol. The van der Waals surface area contributed by atoms with E-state index in [1.54, 1.807) is 4.90 Å². The molecule has 1 aromatic carbocycles. The van der Waals surface area contributed by atoms with Gasteiger partial charge in [0, 0.05) is 13.1 Å². The van der Waals surface area contributed by atoms with Crippen LogP contribution in [0.3, 0.4) is 0 Å². The van der Waals surface area contributed by atoms with Gasteiger partial charge in [-0.15, -0.1) is 0 Å². The van der Waals surface area contributed by atoms with Crippen LogP contribution in [0.1, 0.15) is 19.8 Å². The zero-order chi connectivity index (χ0) is 13.8. The second-order valence-electron chi connectivity index (χ2n) is 5.00. The van der Waals surface area contributed by atoms with Gasteiger partial charge in [0.15, 0.2) is 17.5 Å². The average molecular weight is 272 g/mol. The van der Waals surface area contributed by atoms with Crippen molar-refractivity contribution in [2.75, 3.05) is 31.1 Å². The fourth-order valence-corrected chi connectivity index (χ4v) is 2.46. The molecule has 0 aliphatic carbocycles. The smallest absolute Gasteiger partial charge is 0.196 e. The summed E-state index contributed by atoms with van der Waals surface area (Å²) in [5.74, 6) is -3.17. The van der Waals surface area contributed by atoms with Crippen LogP contribution in [0.5, 0.6) is 0 Å². The highest BCUT2D eigenvalue weighted by Crippen LogP contribution is 2.28. The van der Waals surface area contributed by atoms with Crippen molar-refractivity contribution < 1.29 is 13.2 Å². The molecule has 106 valence electrons. The molecule has 0 amide bonds. The van der Waals surface area contributed by atoms with Crippen LogP contribution in [0.25, 0.3) is 0 Å². The van der Waals surface area contributed by atoms with E-state index in [-0.39, 0.29) is 5.69 Å². The molecule has 1 atom stereocenters. The first kappa shape index (κ1) is 14.2. The van der Waals surface area contributed by atoms with E-state index in [1.807, 2.05) is 0 Å². The van der Waals surface area contributed by atoms with Crippen LogP contribution in [0, 0.1) is 23.4 Å². The lowest BCUT2D eigenvalue weighted by atomic mass is 10.1. The third kappa shape index (κ3) is 3.21. The summed E-state index contributed by atoms with van der Waals surface area (Å²) < 4.78 is 39.8. The third-order valence-corrected chi connectivity index (χ3v) is 3.50. The SMILES string of the molecule is CCCNCC1CCN(c2ccc(F)c(F)c2F)C1. The normalized spacial score (nSPS) is 19.2. The summed E-state index contributed by atoms with van der Waals surface area (Å²) in [6, 6.07) is 2.30. The van der Waals surface area contributed by atoms with E-state index in [0.717, 1.165) is 32.0 Å². The van der Waals surface area contributed by atoms with Gasteiger partial charge >= 0.3 is 0 Å². The molecule has 0 radical (unpaired) electrons. The largest absolute Gasteiger partial charge is 0.369 e. The van der Waals surface area contributed by atoms with Gasteiger partial charge in [-0.25, -0.2) is 13.2 Å². The predicted octanol–water partition coefficient (Wildman–Crippen LogP) is 2.93. The second-order valence-corrected chi connectivity index (χ2v) is 5.00. The highest BCUT2D eigenvalue weighted by Gasteiger charge is 2.26. The predicted molar refractivity (Wildman–Crippen MR) is 69.8 cm³/mol. The molecule has 1 unspecified atom stereocenters. The molecule has 0 spiro atoms. The van der Waals surface area contributed by atoms with Gasteiger partial charge < -0.3 is 10.2 Å². The number of benzene rings is 1. The maximum Gasteiger partial charge on any atom is 0.196 e. The quantitative estimate of drug-likeness (QED) is 0.655. The van der Waals surface area contributed by atoms with Crippen LogP contribution in [0.15, 0.2) is 12.1 Å². The molecule has 0 aromatic heterocycles. The molecular formula is C14H19F3N2. The molecule has 2 rings (SSSR count). The maximum atomic E-state index is 13.7. The molecule has 1 heterocycles. The summed E-state index contributed by atoms with van der Waals surface area (Å²) in [5.41, 5.74) is 0.164. The van der Waals surface area contributed by atoms with E-state index >= 15 is 0 Å². The second kappa shape index (κ2) is 6.28. The Morgan fingerprint density at radius 2 is 2.05 bits per heavy atom. The van der Waals surface area contributed by atoms with Gasteiger partial charge in [-0.05, 0) is 44.0 Å². The number of hydrogen-bond donors (Lipinski definition) is 1. The first-order valence-corrected chi connectivity index (χ1v) is 6.72. The lowest BCUT2D eigenvalue weighted by molar-refractivity contribution is 0.446. The molecule has 1 aliphatic heterocycles. The van der Waals surface area contributed by atoms with Crippen molar-refractivity contribution in [3.8, 4) is 0 Å². The zero-order valence-electron chi connectivity index (χ0n) is 11.1. The Morgan fingerprint density at radius 1 is 1.26 bits per heavy atom. The number of nitrogens with one attached hydrogen (secondary N) is 1. The van der Waals surface area contributed by atoms with Gasteiger partial charge in [-0.3, -0.25) is 0 Å². The Kier molecular flexibility index (Phi) is 4.69. The summed E-state index contributed by atoms with van der Waals surface area (Å²) in [4.78, 5) is 1.79. The minimum Gasteiger partial charge on any atom is -0.369 e. The van der Waals surface area contributed by atoms with Crippen molar-refractivity contribution in [1.29, 1.82) is 0 Å². The molecule has 1 N–H and O–H groups in total. The molecule has 1 saturated heterocycles. The Morgan fingerprint density at radius 3 is 2.79 bits per heavy atom. The minimum absolute atomic E-state index is 0.164. The Balaban J connectivity index is 1.99. The molecule has 1 aromatic rings. The first-order valence-electron chi connectivity index (χ1n) is 6.72. The molecule has 2 nitrogen and oxygen atoms in total. The van der Waals surface area contributed by atoms with E-state index < -0.39 is 17.5 Å². The van der Waals surface area contributed by atoms with Crippen LogP contribution in [-0.4, -0.2) is 26.2 Å². The maximum absolute atomic E-state index is 13.7. The van der Waals surface area contributed by atoms with Gasteiger partial charge in [0.2, 0.25) is 0 Å². The number of nitrogens with zero attached hydrogens (tertiary/aromatic N) is 1. The van der Waals surface area contributed by atoms with Gasteiger partial charge in [0.1, 0.15) is 0 Å². The molecule has 1 fully saturated rings. The van der Waals surface area contributed by atoms with E-state index in [0.29, 0.717) is 19.0 Å². The monoisotopic (exact) mass is 272 g/mol. The van der Waals surface area contributed by atoms with Crippen LogP contribution in [0.4, 0.5) is 18.9 Å². The van der Waals surface area contributed by atoms with E-state index in [2.05, 4.69) is 12.2 Å². The van der Waals surface area contributed by atoms with Gasteiger partial charge in [-0.2, -0.15) is 0 Å². The van der Waals surface area contributed by atoms with Crippen LogP contribution >= 0.6 is 0 Å². The minimum atomic E-state index is -1.38. The van der Waals surface area contributed by atoms with Crippen LogP contribution in [-0.2, 0) is 0 Å². The zero-order valence-corrected chi connectivity index (χ0v) is 11.1. The van der Waals surface area contributed by atoms with Crippen molar-refractivity contribution in [1.82, 2.24) is 5.32 Å². The Hall–Kier alpha value is -1.23. The van der Waals surface area contributed by atoms with Crippen LogP contribution < -0.4 is 10.2 Å². The first-order chi connectivity index (χ1) is 9.13. The average Bonchev–Trinajstić information content (AvgIpc) is 2.85. The third-order valence-electron chi connectivity index (χ3n) is 3.50.